The van der Waals surface area contributed by atoms with Crippen molar-refractivity contribution in [1.82, 2.24) is 4.57 Å². The zero-order chi connectivity index (χ0) is 10.3. The molecule has 0 fully saturated rings. The number of rotatable bonds is 1. The molecule has 0 aliphatic rings. The summed E-state index contributed by atoms with van der Waals surface area (Å²) in [7, 11) is 2.13. The maximum Gasteiger partial charge on any atom is 0.0493 e. The number of fused-ring (bicyclic) bond motifs is 1. The Morgan fingerprint density at radius 2 is 1.93 bits per heavy atom. The molecule has 2 heteroatoms. The van der Waals surface area contributed by atoms with Crippen LogP contribution >= 0.6 is 11.8 Å². The molecule has 0 unspecified atom stereocenters. The summed E-state index contributed by atoms with van der Waals surface area (Å²) in [5, 5.41) is 1.38. The highest BCUT2D eigenvalue weighted by Crippen LogP contribution is 2.27. The van der Waals surface area contributed by atoms with E-state index in [-0.39, 0.29) is 0 Å². The van der Waals surface area contributed by atoms with Gasteiger partial charge in [-0.05, 0) is 37.8 Å². The minimum absolute atomic E-state index is 1.33. The summed E-state index contributed by atoms with van der Waals surface area (Å²) in [6.45, 7) is 4.37. The van der Waals surface area contributed by atoms with Crippen LogP contribution in [-0.4, -0.2) is 10.8 Å². The van der Waals surface area contributed by atoms with Crippen molar-refractivity contribution in [1.29, 1.82) is 0 Å². The highest BCUT2D eigenvalue weighted by atomic mass is 32.2. The van der Waals surface area contributed by atoms with Crippen LogP contribution in [0.4, 0.5) is 0 Å². The molecule has 1 aromatic carbocycles. The van der Waals surface area contributed by atoms with Crippen LogP contribution in [0.2, 0.25) is 0 Å². The lowest BCUT2D eigenvalue weighted by atomic mass is 10.2. The third-order valence-electron chi connectivity index (χ3n) is 3.02. The summed E-state index contributed by atoms with van der Waals surface area (Å²) in [5.41, 5.74) is 4.10. The van der Waals surface area contributed by atoms with E-state index in [9.17, 15) is 0 Å². The first-order valence-corrected chi connectivity index (χ1v) is 5.97. The molecule has 1 aromatic heterocycles. The quantitative estimate of drug-likeness (QED) is 0.645. The second-order valence-corrected chi connectivity index (χ2v) is 4.53. The van der Waals surface area contributed by atoms with Crippen molar-refractivity contribution >= 4 is 22.7 Å². The largest absolute Gasteiger partial charge is 0.348 e. The molecule has 0 bridgehead atoms. The van der Waals surface area contributed by atoms with E-state index in [4.69, 9.17) is 0 Å². The molecule has 0 saturated carbocycles. The zero-order valence-electron chi connectivity index (χ0n) is 9.09. The molecule has 0 radical (unpaired) electrons. The van der Waals surface area contributed by atoms with E-state index < -0.39 is 0 Å². The summed E-state index contributed by atoms with van der Waals surface area (Å²) < 4.78 is 2.27. The van der Waals surface area contributed by atoms with Crippen LogP contribution in [0.25, 0.3) is 10.9 Å². The van der Waals surface area contributed by atoms with E-state index in [0.717, 1.165) is 0 Å². The molecule has 2 aromatic rings. The standard InChI is InChI=1S/C12H15NS/c1-8-9(2)13(3)12-7-10(14-4)5-6-11(8)12/h5-7H,1-4H3. The Morgan fingerprint density at radius 3 is 2.57 bits per heavy atom. The van der Waals surface area contributed by atoms with E-state index >= 15 is 0 Å². The van der Waals surface area contributed by atoms with E-state index in [1.165, 1.54) is 27.1 Å². The van der Waals surface area contributed by atoms with Crippen molar-refractivity contribution in [2.45, 2.75) is 18.7 Å². The van der Waals surface area contributed by atoms with Crippen molar-refractivity contribution in [2.24, 2.45) is 7.05 Å². The highest BCUT2D eigenvalue weighted by molar-refractivity contribution is 7.98. The molecule has 0 aliphatic carbocycles. The predicted octanol–water partition coefficient (Wildman–Crippen LogP) is 3.52. The second kappa shape index (κ2) is 3.35. The van der Waals surface area contributed by atoms with Gasteiger partial charge in [0.15, 0.2) is 0 Å². The smallest absolute Gasteiger partial charge is 0.0493 e. The van der Waals surface area contributed by atoms with Gasteiger partial charge in [0, 0.05) is 28.5 Å². The molecule has 0 N–H and O–H groups in total. The van der Waals surface area contributed by atoms with Crippen LogP contribution in [0.5, 0.6) is 0 Å². The number of nitrogens with zero attached hydrogens (tertiary/aromatic N) is 1. The fourth-order valence-electron chi connectivity index (χ4n) is 1.86. The van der Waals surface area contributed by atoms with Gasteiger partial charge in [-0.2, -0.15) is 0 Å². The number of benzene rings is 1. The van der Waals surface area contributed by atoms with Crippen LogP contribution in [0.3, 0.4) is 0 Å². The summed E-state index contributed by atoms with van der Waals surface area (Å²) in [4.78, 5) is 1.33. The topological polar surface area (TPSA) is 4.93 Å². The van der Waals surface area contributed by atoms with Gasteiger partial charge in [-0.1, -0.05) is 6.07 Å². The van der Waals surface area contributed by atoms with Gasteiger partial charge in [0.05, 0.1) is 0 Å². The van der Waals surface area contributed by atoms with Gasteiger partial charge in [-0.25, -0.2) is 0 Å². The summed E-state index contributed by atoms with van der Waals surface area (Å²) in [6.07, 6.45) is 2.11. The SMILES string of the molecule is CSc1ccc2c(C)c(C)n(C)c2c1. The van der Waals surface area contributed by atoms with Crippen molar-refractivity contribution in [3.63, 3.8) is 0 Å². The molecule has 1 nitrogen and oxygen atoms in total. The number of aromatic nitrogens is 1. The Kier molecular flexibility index (Phi) is 2.31. The third kappa shape index (κ3) is 1.25. The molecular formula is C12H15NS. The van der Waals surface area contributed by atoms with Gasteiger partial charge in [0.1, 0.15) is 0 Å². The lowest BCUT2D eigenvalue weighted by Gasteiger charge is -2.00. The first-order valence-electron chi connectivity index (χ1n) is 4.74. The average molecular weight is 205 g/mol. The molecule has 14 heavy (non-hydrogen) atoms. The molecule has 2 rings (SSSR count). The van der Waals surface area contributed by atoms with Crippen LogP contribution < -0.4 is 0 Å². The van der Waals surface area contributed by atoms with E-state index in [1.54, 1.807) is 11.8 Å². The van der Waals surface area contributed by atoms with E-state index in [2.05, 4.69) is 49.9 Å². The number of aryl methyl sites for hydroxylation is 2. The summed E-state index contributed by atoms with van der Waals surface area (Å²) in [6, 6.07) is 6.68. The maximum atomic E-state index is 2.27. The van der Waals surface area contributed by atoms with Gasteiger partial charge >= 0.3 is 0 Å². The van der Waals surface area contributed by atoms with Crippen molar-refractivity contribution < 1.29 is 0 Å². The van der Waals surface area contributed by atoms with Crippen molar-refractivity contribution in [3.05, 3.63) is 29.5 Å². The van der Waals surface area contributed by atoms with Gasteiger partial charge in [0.2, 0.25) is 0 Å². The van der Waals surface area contributed by atoms with Crippen LogP contribution in [-0.2, 0) is 7.05 Å². The number of thioether (sulfide) groups is 1. The Hall–Kier alpha value is -0.890. The number of hydrogen-bond donors (Lipinski definition) is 0. The minimum atomic E-state index is 1.33. The summed E-state index contributed by atoms with van der Waals surface area (Å²) in [5.74, 6) is 0. The Labute approximate surface area is 89.1 Å². The van der Waals surface area contributed by atoms with Gasteiger partial charge in [-0.15, -0.1) is 11.8 Å². The molecule has 0 spiro atoms. The molecule has 0 saturated heterocycles. The maximum absolute atomic E-state index is 2.27. The highest BCUT2D eigenvalue weighted by Gasteiger charge is 2.07. The van der Waals surface area contributed by atoms with Crippen LogP contribution in [0.1, 0.15) is 11.3 Å². The lowest BCUT2D eigenvalue weighted by molar-refractivity contribution is 0.909. The Morgan fingerprint density at radius 1 is 1.21 bits per heavy atom. The average Bonchev–Trinajstić information content (AvgIpc) is 2.44. The lowest BCUT2D eigenvalue weighted by Crippen LogP contribution is -1.90. The fourth-order valence-corrected chi connectivity index (χ4v) is 2.29. The second-order valence-electron chi connectivity index (χ2n) is 3.65. The molecule has 0 aliphatic heterocycles. The molecule has 74 valence electrons. The van der Waals surface area contributed by atoms with Crippen molar-refractivity contribution in [2.75, 3.05) is 6.26 Å². The van der Waals surface area contributed by atoms with Crippen LogP contribution in [0, 0.1) is 13.8 Å². The van der Waals surface area contributed by atoms with Crippen LogP contribution in [0.15, 0.2) is 23.1 Å². The van der Waals surface area contributed by atoms with Gasteiger partial charge in [0.25, 0.3) is 0 Å². The predicted molar refractivity (Wildman–Crippen MR) is 64.2 cm³/mol. The Balaban J connectivity index is 2.82. The minimum Gasteiger partial charge on any atom is -0.348 e. The molecule has 1 heterocycles. The molecule has 0 amide bonds. The van der Waals surface area contributed by atoms with E-state index in [1.807, 2.05) is 0 Å². The fraction of sp³-hybridized carbons (Fsp3) is 0.333. The zero-order valence-corrected chi connectivity index (χ0v) is 9.90. The molecule has 0 atom stereocenters. The Bertz CT molecular complexity index is 483. The first-order chi connectivity index (χ1) is 6.65. The van der Waals surface area contributed by atoms with Crippen molar-refractivity contribution in [3.8, 4) is 0 Å². The first kappa shape index (κ1) is 9.66. The monoisotopic (exact) mass is 205 g/mol. The summed E-state index contributed by atoms with van der Waals surface area (Å²) >= 11 is 1.79. The van der Waals surface area contributed by atoms with Gasteiger partial charge in [-0.3, -0.25) is 0 Å². The van der Waals surface area contributed by atoms with Gasteiger partial charge < -0.3 is 4.57 Å². The number of hydrogen-bond acceptors (Lipinski definition) is 1. The molecular weight excluding hydrogens is 190 g/mol. The normalized spacial score (nSPS) is 11.1. The van der Waals surface area contributed by atoms with E-state index in [0.29, 0.717) is 0 Å². The third-order valence-corrected chi connectivity index (χ3v) is 3.74.